The van der Waals surface area contributed by atoms with Gasteiger partial charge in [0.2, 0.25) is 0 Å². The zero-order valence-corrected chi connectivity index (χ0v) is 14.6. The number of aromatic nitrogens is 3. The molecule has 3 rings (SSSR count). The first-order valence-corrected chi connectivity index (χ1v) is 8.41. The molecule has 1 aliphatic rings. The maximum absolute atomic E-state index is 13.0. The minimum Gasteiger partial charge on any atom is -0.479 e. The number of nitrogens with zero attached hydrogens (tertiary/aromatic N) is 4. The molecular weight excluding hydrogens is 324 g/mol. The zero-order valence-electron chi connectivity index (χ0n) is 14.6. The molecule has 0 aliphatic carbocycles. The van der Waals surface area contributed by atoms with Gasteiger partial charge >= 0.3 is 5.97 Å². The summed E-state index contributed by atoms with van der Waals surface area (Å²) in [6, 6.07) is 1.91. The Labute approximate surface area is 145 Å². The van der Waals surface area contributed by atoms with Crippen LogP contribution in [0.3, 0.4) is 0 Å². The van der Waals surface area contributed by atoms with E-state index in [2.05, 4.69) is 23.9 Å². The number of morpholine rings is 1. The van der Waals surface area contributed by atoms with Crippen molar-refractivity contribution in [3.05, 3.63) is 23.5 Å². The predicted octanol–water partition coefficient (Wildman–Crippen LogP) is 1.64. The van der Waals surface area contributed by atoms with Gasteiger partial charge in [-0.1, -0.05) is 6.92 Å². The van der Waals surface area contributed by atoms with Crippen LogP contribution in [0.4, 0.5) is 0 Å². The van der Waals surface area contributed by atoms with Gasteiger partial charge in [-0.15, -0.1) is 0 Å². The van der Waals surface area contributed by atoms with E-state index in [0.717, 1.165) is 12.1 Å². The van der Waals surface area contributed by atoms with Gasteiger partial charge in [-0.25, -0.2) is 14.5 Å². The van der Waals surface area contributed by atoms with Gasteiger partial charge in [0.1, 0.15) is 0 Å². The van der Waals surface area contributed by atoms with Crippen LogP contribution in [0.25, 0.3) is 11.0 Å². The molecule has 2 atom stereocenters. The molecule has 1 aliphatic heterocycles. The average molecular weight is 346 g/mol. The molecule has 2 aromatic rings. The lowest BCUT2D eigenvalue weighted by Crippen LogP contribution is -2.48. The van der Waals surface area contributed by atoms with Crippen molar-refractivity contribution in [1.29, 1.82) is 0 Å². The van der Waals surface area contributed by atoms with Gasteiger partial charge in [-0.3, -0.25) is 4.79 Å². The number of fused-ring (bicyclic) bond motifs is 1. The van der Waals surface area contributed by atoms with Crippen molar-refractivity contribution in [2.24, 2.45) is 0 Å². The van der Waals surface area contributed by atoms with Crippen LogP contribution in [0.5, 0.6) is 0 Å². The van der Waals surface area contributed by atoms with E-state index < -0.39 is 12.1 Å². The minimum atomic E-state index is -1.06. The number of carboxylic acid groups (broad SMARTS) is 1. The first-order chi connectivity index (χ1) is 11.9. The molecule has 2 aromatic heterocycles. The topological polar surface area (TPSA) is 97.6 Å². The molecular formula is C17H22N4O4. The van der Waals surface area contributed by atoms with Crippen LogP contribution >= 0.6 is 0 Å². The van der Waals surface area contributed by atoms with Gasteiger partial charge in [-0.05, 0) is 26.3 Å². The second-order valence-corrected chi connectivity index (χ2v) is 6.34. The summed E-state index contributed by atoms with van der Waals surface area (Å²) in [7, 11) is 0. The van der Waals surface area contributed by atoms with Crippen LogP contribution in [-0.4, -0.2) is 62.4 Å². The summed E-state index contributed by atoms with van der Waals surface area (Å²) < 4.78 is 7.03. The van der Waals surface area contributed by atoms with Gasteiger partial charge in [0.05, 0.1) is 36.3 Å². The smallest absolute Gasteiger partial charge is 0.334 e. The lowest BCUT2D eigenvalue weighted by atomic mass is 10.1. The van der Waals surface area contributed by atoms with Crippen molar-refractivity contribution >= 4 is 22.9 Å². The van der Waals surface area contributed by atoms with Crippen molar-refractivity contribution in [3.8, 4) is 0 Å². The summed E-state index contributed by atoms with van der Waals surface area (Å²) >= 11 is 0. The Balaban J connectivity index is 1.99. The first-order valence-electron chi connectivity index (χ1n) is 8.41. The highest BCUT2D eigenvalue weighted by Crippen LogP contribution is 2.24. The maximum Gasteiger partial charge on any atom is 0.334 e. The summed E-state index contributed by atoms with van der Waals surface area (Å²) in [6.07, 6.45) is 1.58. The number of aryl methyl sites for hydroxylation is 1. The molecule has 0 aromatic carbocycles. The zero-order chi connectivity index (χ0) is 18.1. The molecule has 1 N–H and O–H groups in total. The fourth-order valence-corrected chi connectivity index (χ4v) is 2.97. The third kappa shape index (κ3) is 3.21. The molecule has 1 amide bonds. The number of ether oxygens (including phenoxy) is 1. The number of amides is 1. The summed E-state index contributed by atoms with van der Waals surface area (Å²) in [6.45, 7) is 6.57. The summed E-state index contributed by atoms with van der Waals surface area (Å²) in [5, 5.41) is 14.2. The Morgan fingerprint density at radius 2 is 2.24 bits per heavy atom. The number of carbonyl (C=O) groups excluding carboxylic acids is 1. The monoisotopic (exact) mass is 346 g/mol. The second kappa shape index (κ2) is 6.79. The van der Waals surface area contributed by atoms with Crippen molar-refractivity contribution in [2.75, 3.05) is 19.7 Å². The van der Waals surface area contributed by atoms with Gasteiger partial charge in [0, 0.05) is 12.2 Å². The van der Waals surface area contributed by atoms with Crippen molar-refractivity contribution in [2.45, 2.75) is 39.3 Å². The summed E-state index contributed by atoms with van der Waals surface area (Å²) in [4.78, 5) is 30.2. The van der Waals surface area contributed by atoms with Crippen LogP contribution in [0.1, 0.15) is 42.4 Å². The average Bonchev–Trinajstić information content (AvgIpc) is 3.03. The Morgan fingerprint density at radius 3 is 2.92 bits per heavy atom. The fourth-order valence-electron chi connectivity index (χ4n) is 2.97. The molecule has 0 saturated carbocycles. The minimum absolute atomic E-state index is 0.0382. The van der Waals surface area contributed by atoms with Gasteiger partial charge in [0.25, 0.3) is 5.91 Å². The quantitative estimate of drug-likeness (QED) is 0.904. The molecule has 0 spiro atoms. The van der Waals surface area contributed by atoms with E-state index in [4.69, 9.17) is 9.84 Å². The molecule has 0 bridgehead atoms. The van der Waals surface area contributed by atoms with E-state index >= 15 is 0 Å². The first kappa shape index (κ1) is 17.3. The number of hydrogen-bond donors (Lipinski definition) is 1. The van der Waals surface area contributed by atoms with E-state index in [9.17, 15) is 9.59 Å². The summed E-state index contributed by atoms with van der Waals surface area (Å²) in [5.41, 5.74) is 1.91. The largest absolute Gasteiger partial charge is 0.479 e. The van der Waals surface area contributed by atoms with E-state index in [1.807, 2.05) is 11.6 Å². The second-order valence-electron chi connectivity index (χ2n) is 6.34. The molecule has 3 heterocycles. The van der Waals surface area contributed by atoms with E-state index in [1.54, 1.807) is 12.3 Å². The van der Waals surface area contributed by atoms with Gasteiger partial charge < -0.3 is 14.7 Å². The van der Waals surface area contributed by atoms with Crippen LogP contribution in [0, 0.1) is 6.92 Å². The standard InChI is InChI=1S/C17H22N4O4/c1-4-11(3)21-15-13(8-18-21)12(7-10(2)19-15)16(22)20-5-6-25-14(9-20)17(23)24/h7-8,11,14H,4-6,9H2,1-3H3,(H,23,24). The molecule has 25 heavy (non-hydrogen) atoms. The SMILES string of the molecule is CCC(C)n1ncc2c(C(=O)N3CCOC(C(=O)O)C3)cc(C)nc21. The lowest BCUT2D eigenvalue weighted by molar-refractivity contribution is -0.154. The summed E-state index contributed by atoms with van der Waals surface area (Å²) in [5.74, 6) is -1.27. The molecule has 8 heteroatoms. The van der Waals surface area contributed by atoms with Crippen LogP contribution in [0.2, 0.25) is 0 Å². The molecule has 2 unspecified atom stereocenters. The fraction of sp³-hybridized carbons (Fsp3) is 0.529. The molecule has 134 valence electrons. The Hall–Kier alpha value is -2.48. The molecule has 1 fully saturated rings. The predicted molar refractivity (Wildman–Crippen MR) is 90.5 cm³/mol. The number of rotatable bonds is 4. The van der Waals surface area contributed by atoms with E-state index in [0.29, 0.717) is 23.1 Å². The molecule has 0 radical (unpaired) electrons. The van der Waals surface area contributed by atoms with E-state index in [1.165, 1.54) is 4.90 Å². The molecule has 8 nitrogen and oxygen atoms in total. The van der Waals surface area contributed by atoms with Gasteiger partial charge in [0.15, 0.2) is 11.8 Å². The van der Waals surface area contributed by atoms with Crippen molar-refractivity contribution in [3.63, 3.8) is 0 Å². The van der Waals surface area contributed by atoms with Gasteiger partial charge in [-0.2, -0.15) is 5.10 Å². The van der Waals surface area contributed by atoms with E-state index in [-0.39, 0.29) is 25.1 Å². The van der Waals surface area contributed by atoms with Crippen molar-refractivity contribution in [1.82, 2.24) is 19.7 Å². The Kier molecular flexibility index (Phi) is 4.71. The van der Waals surface area contributed by atoms with Crippen LogP contribution in [-0.2, 0) is 9.53 Å². The Bertz CT molecular complexity index is 816. The number of hydrogen-bond acceptors (Lipinski definition) is 5. The highest BCUT2D eigenvalue weighted by Gasteiger charge is 2.30. The lowest BCUT2D eigenvalue weighted by Gasteiger charge is -2.31. The number of carboxylic acids is 1. The van der Waals surface area contributed by atoms with Crippen molar-refractivity contribution < 1.29 is 19.4 Å². The Morgan fingerprint density at radius 1 is 1.48 bits per heavy atom. The number of aliphatic carboxylic acids is 1. The maximum atomic E-state index is 13.0. The normalized spacial score (nSPS) is 19.2. The van der Waals surface area contributed by atoms with Crippen LogP contribution in [0.15, 0.2) is 12.3 Å². The van der Waals surface area contributed by atoms with Crippen LogP contribution < -0.4 is 0 Å². The third-order valence-electron chi connectivity index (χ3n) is 4.56. The highest BCUT2D eigenvalue weighted by molar-refractivity contribution is 6.05. The number of carbonyl (C=O) groups is 2. The third-order valence-corrected chi connectivity index (χ3v) is 4.56. The highest BCUT2D eigenvalue weighted by atomic mass is 16.5. The number of pyridine rings is 1. The molecule has 1 saturated heterocycles.